The van der Waals surface area contributed by atoms with Gasteiger partial charge in [0.05, 0.1) is 12.7 Å². The third-order valence-corrected chi connectivity index (χ3v) is 2.31. The molecular formula is C7H11F2NO. The summed E-state index contributed by atoms with van der Waals surface area (Å²) < 4.78 is 30.6. The number of morpholine rings is 1. The van der Waals surface area contributed by atoms with Crippen molar-refractivity contribution in [3.05, 3.63) is 0 Å². The molecule has 2 fully saturated rings. The van der Waals surface area contributed by atoms with Crippen LogP contribution >= 0.6 is 0 Å². The second-order valence-electron chi connectivity index (χ2n) is 3.23. The fraction of sp³-hybridized carbons (Fsp3) is 1.00. The van der Waals surface area contributed by atoms with E-state index in [1.54, 1.807) is 0 Å². The summed E-state index contributed by atoms with van der Waals surface area (Å²) in [6.45, 7) is 1.27. The number of ether oxygens (including phenoxy) is 1. The lowest BCUT2D eigenvalue weighted by atomic mass is 10.2. The van der Waals surface area contributed by atoms with Gasteiger partial charge in [0, 0.05) is 25.4 Å². The van der Waals surface area contributed by atoms with Gasteiger partial charge in [-0.25, -0.2) is 8.78 Å². The Morgan fingerprint density at radius 1 is 1.36 bits per heavy atom. The molecule has 1 heterocycles. The first-order valence-corrected chi connectivity index (χ1v) is 3.90. The number of hydrogen-bond donors (Lipinski definition) is 1. The van der Waals surface area contributed by atoms with Gasteiger partial charge in [0.1, 0.15) is 0 Å². The summed E-state index contributed by atoms with van der Waals surface area (Å²) in [7, 11) is 0. The zero-order valence-corrected chi connectivity index (χ0v) is 6.15. The number of rotatable bonds is 0. The Morgan fingerprint density at radius 3 is 2.91 bits per heavy atom. The van der Waals surface area contributed by atoms with Crippen LogP contribution in [0.1, 0.15) is 12.8 Å². The molecule has 1 saturated carbocycles. The molecule has 2 rings (SSSR count). The zero-order valence-electron chi connectivity index (χ0n) is 6.15. The highest BCUT2D eigenvalue weighted by molar-refractivity contribution is 4.95. The van der Waals surface area contributed by atoms with Gasteiger partial charge in [-0.1, -0.05) is 0 Å². The van der Waals surface area contributed by atoms with E-state index in [4.69, 9.17) is 4.74 Å². The fourth-order valence-electron chi connectivity index (χ4n) is 1.81. The van der Waals surface area contributed by atoms with Crippen LogP contribution in [0.2, 0.25) is 0 Å². The SMILES string of the molecule is FC1(F)CC2NCCOC2C1. The van der Waals surface area contributed by atoms with Crippen LogP contribution in [0, 0.1) is 0 Å². The van der Waals surface area contributed by atoms with Crippen LogP contribution in [0.4, 0.5) is 8.78 Å². The minimum Gasteiger partial charge on any atom is -0.375 e. The topological polar surface area (TPSA) is 21.3 Å². The number of halogens is 2. The van der Waals surface area contributed by atoms with Crippen LogP contribution in [0.3, 0.4) is 0 Å². The van der Waals surface area contributed by atoms with Crippen LogP contribution in [-0.4, -0.2) is 31.2 Å². The minimum absolute atomic E-state index is 0.0579. The summed E-state index contributed by atoms with van der Waals surface area (Å²) in [5, 5.41) is 3.03. The molecule has 0 spiro atoms. The summed E-state index contributed by atoms with van der Waals surface area (Å²) in [6.07, 6.45) is -0.416. The van der Waals surface area contributed by atoms with E-state index in [-0.39, 0.29) is 25.0 Å². The molecule has 1 aliphatic carbocycles. The van der Waals surface area contributed by atoms with Crippen LogP contribution in [0.15, 0.2) is 0 Å². The summed E-state index contributed by atoms with van der Waals surface area (Å²) in [4.78, 5) is 0. The first kappa shape index (κ1) is 7.43. The van der Waals surface area contributed by atoms with Crippen LogP contribution < -0.4 is 5.32 Å². The van der Waals surface area contributed by atoms with Crippen molar-refractivity contribution in [3.63, 3.8) is 0 Å². The van der Waals surface area contributed by atoms with Crippen molar-refractivity contribution in [2.45, 2.75) is 30.9 Å². The molecule has 1 saturated heterocycles. The van der Waals surface area contributed by atoms with Crippen LogP contribution in [0.5, 0.6) is 0 Å². The highest BCUT2D eigenvalue weighted by Crippen LogP contribution is 2.37. The van der Waals surface area contributed by atoms with E-state index in [0.29, 0.717) is 13.2 Å². The first-order valence-electron chi connectivity index (χ1n) is 3.90. The second kappa shape index (κ2) is 2.38. The van der Waals surface area contributed by atoms with E-state index >= 15 is 0 Å². The maximum Gasteiger partial charge on any atom is 0.252 e. The van der Waals surface area contributed by atoms with Gasteiger partial charge in [0.15, 0.2) is 0 Å². The molecule has 2 aliphatic rings. The van der Waals surface area contributed by atoms with E-state index in [1.165, 1.54) is 0 Å². The normalized spacial score (nSPS) is 42.0. The lowest BCUT2D eigenvalue weighted by molar-refractivity contribution is -0.0234. The number of nitrogens with one attached hydrogen (secondary N) is 1. The molecule has 2 unspecified atom stereocenters. The maximum absolute atomic E-state index is 12.7. The monoisotopic (exact) mass is 163 g/mol. The minimum atomic E-state index is -2.51. The summed E-state index contributed by atoms with van der Waals surface area (Å²) in [6, 6.07) is -0.112. The lowest BCUT2D eigenvalue weighted by Gasteiger charge is -2.25. The van der Waals surface area contributed by atoms with Gasteiger partial charge in [-0.05, 0) is 0 Å². The Morgan fingerprint density at radius 2 is 2.18 bits per heavy atom. The van der Waals surface area contributed by atoms with Crippen molar-refractivity contribution in [2.75, 3.05) is 13.2 Å². The Balaban J connectivity index is 2.03. The van der Waals surface area contributed by atoms with Gasteiger partial charge in [-0.2, -0.15) is 0 Å². The number of alkyl halides is 2. The van der Waals surface area contributed by atoms with Crippen molar-refractivity contribution < 1.29 is 13.5 Å². The van der Waals surface area contributed by atoms with Gasteiger partial charge in [-0.15, -0.1) is 0 Å². The van der Waals surface area contributed by atoms with E-state index < -0.39 is 5.92 Å². The predicted molar refractivity (Wildman–Crippen MR) is 35.7 cm³/mol. The third-order valence-electron chi connectivity index (χ3n) is 2.31. The molecule has 0 bridgehead atoms. The molecular weight excluding hydrogens is 152 g/mol. The van der Waals surface area contributed by atoms with Crippen molar-refractivity contribution in [1.82, 2.24) is 5.32 Å². The average molecular weight is 163 g/mol. The molecule has 0 aromatic rings. The Hall–Kier alpha value is -0.220. The van der Waals surface area contributed by atoms with Crippen LogP contribution in [-0.2, 0) is 4.74 Å². The number of fused-ring (bicyclic) bond motifs is 1. The fourth-order valence-corrected chi connectivity index (χ4v) is 1.81. The molecule has 0 radical (unpaired) electrons. The molecule has 0 amide bonds. The van der Waals surface area contributed by atoms with E-state index in [2.05, 4.69) is 5.32 Å². The van der Waals surface area contributed by atoms with Crippen LogP contribution in [0.25, 0.3) is 0 Å². The Bertz CT molecular complexity index is 147. The molecule has 2 atom stereocenters. The standard InChI is InChI=1S/C7H11F2NO/c8-7(9)3-5-6(4-7)11-2-1-10-5/h5-6,10H,1-4H2. The number of hydrogen-bond acceptors (Lipinski definition) is 2. The van der Waals surface area contributed by atoms with E-state index in [1.807, 2.05) is 0 Å². The van der Waals surface area contributed by atoms with Crippen molar-refractivity contribution in [1.29, 1.82) is 0 Å². The van der Waals surface area contributed by atoms with E-state index in [9.17, 15) is 8.78 Å². The molecule has 0 aromatic heterocycles. The summed E-state index contributed by atoms with van der Waals surface area (Å²) >= 11 is 0. The van der Waals surface area contributed by atoms with Gasteiger partial charge in [0.2, 0.25) is 0 Å². The largest absolute Gasteiger partial charge is 0.375 e. The first-order chi connectivity index (χ1) is 5.17. The molecule has 1 N–H and O–H groups in total. The van der Waals surface area contributed by atoms with Crippen molar-refractivity contribution in [3.8, 4) is 0 Å². The summed E-state index contributed by atoms with van der Waals surface area (Å²) in [5.41, 5.74) is 0. The molecule has 0 aromatic carbocycles. The predicted octanol–water partition coefficient (Wildman–Crippen LogP) is 0.772. The molecule has 2 nitrogen and oxygen atoms in total. The van der Waals surface area contributed by atoms with Gasteiger partial charge >= 0.3 is 0 Å². The highest BCUT2D eigenvalue weighted by Gasteiger charge is 2.47. The molecule has 4 heteroatoms. The molecule has 1 aliphatic heterocycles. The Kier molecular flexibility index (Phi) is 1.61. The smallest absolute Gasteiger partial charge is 0.252 e. The van der Waals surface area contributed by atoms with E-state index in [0.717, 1.165) is 0 Å². The molecule has 11 heavy (non-hydrogen) atoms. The maximum atomic E-state index is 12.7. The zero-order chi connectivity index (χ0) is 7.90. The highest BCUT2D eigenvalue weighted by atomic mass is 19.3. The van der Waals surface area contributed by atoms with Gasteiger partial charge in [0.25, 0.3) is 5.92 Å². The van der Waals surface area contributed by atoms with Crippen molar-refractivity contribution >= 4 is 0 Å². The van der Waals surface area contributed by atoms with Gasteiger partial charge < -0.3 is 10.1 Å². The molecule has 64 valence electrons. The Labute approximate surface area is 63.9 Å². The van der Waals surface area contributed by atoms with Crippen molar-refractivity contribution in [2.24, 2.45) is 0 Å². The van der Waals surface area contributed by atoms with Gasteiger partial charge in [-0.3, -0.25) is 0 Å². The second-order valence-corrected chi connectivity index (χ2v) is 3.23. The third kappa shape index (κ3) is 1.37. The average Bonchev–Trinajstić information content (AvgIpc) is 2.21. The quantitative estimate of drug-likeness (QED) is 0.569. The summed E-state index contributed by atoms with van der Waals surface area (Å²) in [5.74, 6) is -2.51. The lowest BCUT2D eigenvalue weighted by Crippen LogP contribution is -2.44.